The molecule has 98 valence electrons. The Morgan fingerprint density at radius 1 is 1.33 bits per heavy atom. The molecule has 1 saturated carbocycles. The third kappa shape index (κ3) is 3.33. The number of rotatable bonds is 5. The average Bonchev–Trinajstić information content (AvgIpc) is 2.76. The van der Waals surface area contributed by atoms with Crippen LogP contribution in [0.2, 0.25) is 0 Å². The van der Waals surface area contributed by atoms with Crippen LogP contribution in [0, 0.1) is 11.8 Å². The van der Waals surface area contributed by atoms with E-state index in [1.54, 1.807) is 12.1 Å². The molecule has 2 rings (SSSR count). The molecule has 0 aromatic heterocycles. The molecule has 18 heavy (non-hydrogen) atoms. The van der Waals surface area contributed by atoms with Crippen LogP contribution in [0.25, 0.3) is 0 Å². The molecule has 1 fully saturated rings. The summed E-state index contributed by atoms with van der Waals surface area (Å²) in [5, 5.41) is 3.51. The SMILES string of the molecule is CC1CCCC1CNCc1ccc(C(N)=O)cc1. The predicted molar refractivity (Wildman–Crippen MR) is 73.2 cm³/mol. The van der Waals surface area contributed by atoms with E-state index in [0.717, 1.165) is 24.9 Å². The highest BCUT2D eigenvalue weighted by atomic mass is 16.1. The van der Waals surface area contributed by atoms with Crippen molar-refractivity contribution in [1.82, 2.24) is 5.32 Å². The maximum atomic E-state index is 10.9. The highest BCUT2D eigenvalue weighted by molar-refractivity contribution is 5.92. The zero-order valence-corrected chi connectivity index (χ0v) is 11.0. The Labute approximate surface area is 109 Å². The normalized spacial score (nSPS) is 23.2. The molecule has 1 aromatic rings. The second kappa shape index (κ2) is 6.01. The number of nitrogens with one attached hydrogen (secondary N) is 1. The minimum absolute atomic E-state index is 0.366. The number of primary amides is 1. The summed E-state index contributed by atoms with van der Waals surface area (Å²) in [5.74, 6) is 1.32. The van der Waals surface area contributed by atoms with Crippen molar-refractivity contribution in [2.24, 2.45) is 17.6 Å². The van der Waals surface area contributed by atoms with Gasteiger partial charge in [0.15, 0.2) is 0 Å². The van der Waals surface area contributed by atoms with Crippen LogP contribution in [0.4, 0.5) is 0 Å². The van der Waals surface area contributed by atoms with Gasteiger partial charge in [-0.1, -0.05) is 31.9 Å². The van der Waals surface area contributed by atoms with Crippen LogP contribution >= 0.6 is 0 Å². The Kier molecular flexibility index (Phi) is 4.37. The molecule has 0 saturated heterocycles. The molecule has 1 aliphatic carbocycles. The summed E-state index contributed by atoms with van der Waals surface area (Å²) >= 11 is 0. The molecule has 2 unspecified atom stereocenters. The van der Waals surface area contributed by atoms with Gasteiger partial charge in [-0.3, -0.25) is 4.79 Å². The first-order valence-electron chi connectivity index (χ1n) is 6.76. The van der Waals surface area contributed by atoms with E-state index in [2.05, 4.69) is 12.2 Å². The Morgan fingerprint density at radius 2 is 2.06 bits per heavy atom. The monoisotopic (exact) mass is 246 g/mol. The lowest BCUT2D eigenvalue weighted by molar-refractivity contribution is 0.100. The van der Waals surface area contributed by atoms with Gasteiger partial charge in [-0.25, -0.2) is 0 Å². The molecule has 1 aliphatic rings. The minimum atomic E-state index is -0.366. The molecule has 1 aromatic carbocycles. The first-order chi connectivity index (χ1) is 8.66. The molecular formula is C15H22N2O. The Morgan fingerprint density at radius 3 is 2.61 bits per heavy atom. The molecule has 3 nitrogen and oxygen atoms in total. The number of hydrogen-bond acceptors (Lipinski definition) is 2. The van der Waals surface area contributed by atoms with Gasteiger partial charge in [-0.05, 0) is 42.5 Å². The van der Waals surface area contributed by atoms with Crippen LogP contribution in [0.15, 0.2) is 24.3 Å². The topological polar surface area (TPSA) is 55.1 Å². The van der Waals surface area contributed by atoms with Gasteiger partial charge in [-0.2, -0.15) is 0 Å². The van der Waals surface area contributed by atoms with Crippen molar-refractivity contribution in [3.05, 3.63) is 35.4 Å². The van der Waals surface area contributed by atoms with E-state index in [4.69, 9.17) is 5.73 Å². The van der Waals surface area contributed by atoms with Gasteiger partial charge in [0.05, 0.1) is 0 Å². The van der Waals surface area contributed by atoms with E-state index in [1.165, 1.54) is 24.8 Å². The molecule has 1 amide bonds. The van der Waals surface area contributed by atoms with Crippen molar-refractivity contribution in [2.75, 3.05) is 6.54 Å². The lowest BCUT2D eigenvalue weighted by Crippen LogP contribution is -2.24. The number of benzene rings is 1. The largest absolute Gasteiger partial charge is 0.366 e. The van der Waals surface area contributed by atoms with E-state index < -0.39 is 0 Å². The summed E-state index contributed by atoms with van der Waals surface area (Å²) in [5.41, 5.74) is 6.98. The maximum absolute atomic E-state index is 10.9. The van der Waals surface area contributed by atoms with Gasteiger partial charge < -0.3 is 11.1 Å². The van der Waals surface area contributed by atoms with Crippen molar-refractivity contribution in [2.45, 2.75) is 32.7 Å². The Bertz CT molecular complexity index is 399. The quantitative estimate of drug-likeness (QED) is 0.837. The second-order valence-electron chi connectivity index (χ2n) is 5.36. The number of carbonyl (C=O) groups excluding carboxylic acids is 1. The summed E-state index contributed by atoms with van der Waals surface area (Å²) in [6.07, 6.45) is 4.11. The Hall–Kier alpha value is -1.35. The number of nitrogens with two attached hydrogens (primary N) is 1. The lowest BCUT2D eigenvalue weighted by Gasteiger charge is -2.15. The van der Waals surface area contributed by atoms with Crippen molar-refractivity contribution in [3.8, 4) is 0 Å². The van der Waals surface area contributed by atoms with E-state index in [-0.39, 0.29) is 5.91 Å². The van der Waals surface area contributed by atoms with E-state index in [9.17, 15) is 4.79 Å². The maximum Gasteiger partial charge on any atom is 0.248 e. The van der Waals surface area contributed by atoms with E-state index >= 15 is 0 Å². The lowest BCUT2D eigenvalue weighted by atomic mass is 9.98. The molecule has 0 heterocycles. The highest BCUT2D eigenvalue weighted by Gasteiger charge is 2.22. The molecule has 0 bridgehead atoms. The van der Waals surface area contributed by atoms with E-state index in [1.807, 2.05) is 12.1 Å². The van der Waals surface area contributed by atoms with Crippen LogP contribution in [0.5, 0.6) is 0 Å². The number of hydrogen-bond donors (Lipinski definition) is 2. The fourth-order valence-corrected chi connectivity index (χ4v) is 2.71. The van der Waals surface area contributed by atoms with Crippen LogP contribution in [-0.2, 0) is 6.54 Å². The Balaban J connectivity index is 1.78. The smallest absolute Gasteiger partial charge is 0.248 e. The molecular weight excluding hydrogens is 224 g/mol. The molecule has 0 spiro atoms. The fraction of sp³-hybridized carbons (Fsp3) is 0.533. The standard InChI is InChI=1S/C15H22N2O/c1-11-3-2-4-14(11)10-17-9-12-5-7-13(8-6-12)15(16)18/h5-8,11,14,17H,2-4,9-10H2,1H3,(H2,16,18). The fourth-order valence-electron chi connectivity index (χ4n) is 2.71. The first-order valence-corrected chi connectivity index (χ1v) is 6.76. The van der Waals surface area contributed by atoms with Gasteiger partial charge in [0, 0.05) is 12.1 Å². The van der Waals surface area contributed by atoms with Crippen molar-refractivity contribution < 1.29 is 4.79 Å². The average molecular weight is 246 g/mol. The minimum Gasteiger partial charge on any atom is -0.366 e. The molecule has 0 radical (unpaired) electrons. The summed E-state index contributed by atoms with van der Waals surface area (Å²) in [6.45, 7) is 4.31. The highest BCUT2D eigenvalue weighted by Crippen LogP contribution is 2.30. The molecule has 3 heteroatoms. The first kappa shape index (κ1) is 13.1. The van der Waals surface area contributed by atoms with Gasteiger partial charge in [0.25, 0.3) is 0 Å². The predicted octanol–water partition coefficient (Wildman–Crippen LogP) is 2.31. The van der Waals surface area contributed by atoms with Crippen LogP contribution < -0.4 is 11.1 Å². The third-order valence-electron chi connectivity index (χ3n) is 4.01. The van der Waals surface area contributed by atoms with Crippen molar-refractivity contribution in [1.29, 1.82) is 0 Å². The van der Waals surface area contributed by atoms with Crippen LogP contribution in [-0.4, -0.2) is 12.5 Å². The third-order valence-corrected chi connectivity index (χ3v) is 4.01. The van der Waals surface area contributed by atoms with Gasteiger partial charge in [0.2, 0.25) is 5.91 Å². The van der Waals surface area contributed by atoms with Gasteiger partial charge in [-0.15, -0.1) is 0 Å². The summed E-state index contributed by atoms with van der Waals surface area (Å²) in [6, 6.07) is 7.51. The number of carbonyl (C=O) groups is 1. The van der Waals surface area contributed by atoms with Crippen LogP contribution in [0.1, 0.15) is 42.1 Å². The summed E-state index contributed by atoms with van der Waals surface area (Å²) in [7, 11) is 0. The molecule has 3 N–H and O–H groups in total. The van der Waals surface area contributed by atoms with E-state index in [0.29, 0.717) is 5.56 Å². The van der Waals surface area contributed by atoms with Gasteiger partial charge >= 0.3 is 0 Å². The zero-order valence-electron chi connectivity index (χ0n) is 11.0. The van der Waals surface area contributed by atoms with Crippen molar-refractivity contribution in [3.63, 3.8) is 0 Å². The van der Waals surface area contributed by atoms with Gasteiger partial charge in [0.1, 0.15) is 0 Å². The second-order valence-corrected chi connectivity index (χ2v) is 5.36. The summed E-state index contributed by atoms with van der Waals surface area (Å²) < 4.78 is 0. The number of amides is 1. The van der Waals surface area contributed by atoms with Crippen molar-refractivity contribution >= 4 is 5.91 Å². The summed E-state index contributed by atoms with van der Waals surface area (Å²) in [4.78, 5) is 10.9. The van der Waals surface area contributed by atoms with Crippen LogP contribution in [0.3, 0.4) is 0 Å². The molecule has 2 atom stereocenters. The molecule has 0 aliphatic heterocycles. The zero-order chi connectivity index (χ0) is 13.0.